The number of aromatic nitrogens is 2. The van der Waals surface area contributed by atoms with Crippen LogP contribution in [0.4, 0.5) is 0 Å². The summed E-state index contributed by atoms with van der Waals surface area (Å²) < 4.78 is 11.7. The van der Waals surface area contributed by atoms with Gasteiger partial charge in [0.25, 0.3) is 0 Å². The molecule has 0 N–H and O–H groups in total. The van der Waals surface area contributed by atoms with Gasteiger partial charge in [-0.15, -0.1) is 0 Å². The molecule has 0 bridgehead atoms. The van der Waals surface area contributed by atoms with Crippen molar-refractivity contribution in [2.75, 3.05) is 13.2 Å². The summed E-state index contributed by atoms with van der Waals surface area (Å²) in [6.07, 6.45) is 21.8. The predicted molar refractivity (Wildman–Crippen MR) is 144 cm³/mol. The zero-order valence-electron chi connectivity index (χ0n) is 22.1. The second-order valence-corrected chi connectivity index (χ2v) is 9.65. The Hall–Kier alpha value is -2.10. The Morgan fingerprint density at radius 1 is 0.647 bits per heavy atom. The minimum Gasteiger partial charge on any atom is -0.494 e. The van der Waals surface area contributed by atoms with Crippen LogP contribution >= 0.6 is 0 Å². The van der Waals surface area contributed by atoms with Gasteiger partial charge in [-0.3, -0.25) is 0 Å². The molecule has 2 rings (SSSR count). The molecular weight excluding hydrogens is 420 g/mol. The van der Waals surface area contributed by atoms with E-state index in [2.05, 4.69) is 30.7 Å². The molecule has 1 atom stereocenters. The van der Waals surface area contributed by atoms with E-state index in [-0.39, 0.29) is 0 Å². The summed E-state index contributed by atoms with van der Waals surface area (Å²) in [5.41, 5.74) is 0.992. The standard InChI is InChI=1S/C30H48N2O2/c1-4-6-7-8-9-10-11-12-13-15-22-33-28-20-18-27(19-21-28)30-31-24-29(25-32-30)34-23-16-14-17-26(3)5-2/h18-21,24-26H,4-17,22-23H2,1-3H3. The van der Waals surface area contributed by atoms with Crippen molar-refractivity contribution in [1.29, 1.82) is 0 Å². The molecule has 0 spiro atoms. The smallest absolute Gasteiger partial charge is 0.159 e. The van der Waals surface area contributed by atoms with Crippen LogP contribution in [0.5, 0.6) is 11.5 Å². The van der Waals surface area contributed by atoms with E-state index in [4.69, 9.17) is 9.47 Å². The van der Waals surface area contributed by atoms with E-state index in [9.17, 15) is 0 Å². The third kappa shape index (κ3) is 12.4. The van der Waals surface area contributed by atoms with Crippen LogP contribution in [0.15, 0.2) is 36.7 Å². The van der Waals surface area contributed by atoms with Gasteiger partial charge in [-0.1, -0.05) is 91.4 Å². The summed E-state index contributed by atoms with van der Waals surface area (Å²) in [4.78, 5) is 8.95. The van der Waals surface area contributed by atoms with Crippen molar-refractivity contribution in [2.24, 2.45) is 5.92 Å². The maximum absolute atomic E-state index is 5.91. The fourth-order valence-electron chi connectivity index (χ4n) is 4.01. The second-order valence-electron chi connectivity index (χ2n) is 9.65. The Morgan fingerprint density at radius 2 is 1.18 bits per heavy atom. The lowest BCUT2D eigenvalue weighted by Crippen LogP contribution is -2.00. The molecule has 4 nitrogen and oxygen atoms in total. The summed E-state index contributed by atoms with van der Waals surface area (Å²) in [6, 6.07) is 8.07. The van der Waals surface area contributed by atoms with E-state index in [1.165, 1.54) is 77.0 Å². The molecule has 0 aliphatic rings. The average Bonchev–Trinajstić information content (AvgIpc) is 2.87. The highest BCUT2D eigenvalue weighted by Gasteiger charge is 2.04. The second kappa shape index (κ2) is 18.3. The number of hydrogen-bond donors (Lipinski definition) is 0. The van der Waals surface area contributed by atoms with Gasteiger partial charge in [-0.05, 0) is 49.4 Å². The first-order chi connectivity index (χ1) is 16.7. The fraction of sp³-hybridized carbons (Fsp3) is 0.667. The summed E-state index contributed by atoms with van der Waals surface area (Å²) >= 11 is 0. The molecule has 190 valence electrons. The van der Waals surface area contributed by atoms with E-state index in [0.29, 0.717) is 5.82 Å². The van der Waals surface area contributed by atoms with Crippen molar-refractivity contribution in [1.82, 2.24) is 9.97 Å². The SMILES string of the molecule is CCCCCCCCCCCCOc1ccc(-c2ncc(OCCCCC(C)CC)cn2)cc1. The van der Waals surface area contributed by atoms with Gasteiger partial charge in [0.15, 0.2) is 11.6 Å². The van der Waals surface area contributed by atoms with Crippen molar-refractivity contribution >= 4 is 0 Å². The van der Waals surface area contributed by atoms with Gasteiger partial charge in [-0.2, -0.15) is 0 Å². The monoisotopic (exact) mass is 468 g/mol. The third-order valence-corrected chi connectivity index (χ3v) is 6.56. The quantitative estimate of drug-likeness (QED) is 0.182. The molecule has 4 heteroatoms. The Labute approximate surface area is 208 Å². The average molecular weight is 469 g/mol. The number of benzene rings is 1. The van der Waals surface area contributed by atoms with E-state index in [0.717, 1.165) is 49.0 Å². The topological polar surface area (TPSA) is 44.2 Å². The highest BCUT2D eigenvalue weighted by molar-refractivity contribution is 5.56. The zero-order chi connectivity index (χ0) is 24.3. The molecule has 0 fully saturated rings. The lowest BCUT2D eigenvalue weighted by molar-refractivity contribution is 0.297. The number of hydrogen-bond acceptors (Lipinski definition) is 4. The zero-order valence-corrected chi connectivity index (χ0v) is 22.1. The van der Waals surface area contributed by atoms with Crippen LogP contribution in [0.1, 0.15) is 111 Å². The van der Waals surface area contributed by atoms with Crippen molar-refractivity contribution in [3.8, 4) is 22.9 Å². The summed E-state index contributed by atoms with van der Waals surface area (Å²) in [5.74, 6) is 3.17. The Bertz CT molecular complexity index is 730. The Morgan fingerprint density at radius 3 is 1.76 bits per heavy atom. The first-order valence-corrected chi connectivity index (χ1v) is 13.9. The van der Waals surface area contributed by atoms with Crippen molar-refractivity contribution in [3.05, 3.63) is 36.7 Å². The molecule has 1 aromatic carbocycles. The highest BCUT2D eigenvalue weighted by Crippen LogP contribution is 2.21. The maximum Gasteiger partial charge on any atom is 0.159 e. The molecule has 2 aromatic rings. The minimum atomic E-state index is 0.713. The molecule has 1 aromatic heterocycles. The largest absolute Gasteiger partial charge is 0.494 e. The van der Waals surface area contributed by atoms with Crippen molar-refractivity contribution in [3.63, 3.8) is 0 Å². The van der Waals surface area contributed by atoms with Gasteiger partial charge < -0.3 is 9.47 Å². The van der Waals surface area contributed by atoms with Crippen LogP contribution in [0.25, 0.3) is 11.4 Å². The summed E-state index contributed by atoms with van der Waals surface area (Å²) in [7, 11) is 0. The number of nitrogens with zero attached hydrogens (tertiary/aromatic N) is 2. The lowest BCUT2D eigenvalue weighted by atomic mass is 10.0. The lowest BCUT2D eigenvalue weighted by Gasteiger charge is -2.09. The van der Waals surface area contributed by atoms with Crippen LogP contribution in [0.2, 0.25) is 0 Å². The van der Waals surface area contributed by atoms with Gasteiger partial charge in [0.1, 0.15) is 5.75 Å². The normalized spacial score (nSPS) is 12.0. The van der Waals surface area contributed by atoms with Gasteiger partial charge in [0.2, 0.25) is 0 Å². The summed E-state index contributed by atoms with van der Waals surface area (Å²) in [6.45, 7) is 8.35. The first-order valence-electron chi connectivity index (χ1n) is 13.9. The van der Waals surface area contributed by atoms with Gasteiger partial charge in [0, 0.05) is 5.56 Å². The van der Waals surface area contributed by atoms with Crippen LogP contribution in [0, 0.1) is 5.92 Å². The van der Waals surface area contributed by atoms with Crippen LogP contribution in [0.3, 0.4) is 0 Å². The first kappa shape index (κ1) is 28.1. The van der Waals surface area contributed by atoms with Crippen LogP contribution in [-0.4, -0.2) is 23.2 Å². The van der Waals surface area contributed by atoms with E-state index < -0.39 is 0 Å². The highest BCUT2D eigenvalue weighted by atomic mass is 16.5. The van der Waals surface area contributed by atoms with E-state index >= 15 is 0 Å². The van der Waals surface area contributed by atoms with Gasteiger partial charge in [0.05, 0.1) is 25.6 Å². The van der Waals surface area contributed by atoms with Crippen LogP contribution < -0.4 is 9.47 Å². The van der Waals surface area contributed by atoms with Gasteiger partial charge >= 0.3 is 0 Å². The minimum absolute atomic E-state index is 0.713. The van der Waals surface area contributed by atoms with E-state index in [1.807, 2.05) is 24.3 Å². The molecule has 0 aliphatic heterocycles. The molecule has 34 heavy (non-hydrogen) atoms. The number of unbranched alkanes of at least 4 members (excludes halogenated alkanes) is 10. The van der Waals surface area contributed by atoms with E-state index in [1.54, 1.807) is 12.4 Å². The third-order valence-electron chi connectivity index (χ3n) is 6.56. The van der Waals surface area contributed by atoms with Crippen molar-refractivity contribution in [2.45, 2.75) is 111 Å². The molecule has 0 saturated heterocycles. The molecular formula is C30H48N2O2. The Kier molecular flexibility index (Phi) is 15.1. The maximum atomic E-state index is 5.91. The number of rotatable bonds is 20. The molecule has 1 unspecified atom stereocenters. The predicted octanol–water partition coefficient (Wildman–Crippen LogP) is 9.04. The van der Waals surface area contributed by atoms with Gasteiger partial charge in [-0.25, -0.2) is 9.97 Å². The molecule has 1 heterocycles. The molecule has 0 aliphatic carbocycles. The van der Waals surface area contributed by atoms with Crippen LogP contribution in [-0.2, 0) is 0 Å². The Balaban J connectivity index is 1.57. The molecule has 0 amide bonds. The molecule has 0 saturated carbocycles. The number of ether oxygens (including phenoxy) is 2. The summed E-state index contributed by atoms with van der Waals surface area (Å²) in [5, 5.41) is 0. The molecule has 0 radical (unpaired) electrons. The fourth-order valence-corrected chi connectivity index (χ4v) is 4.01. The van der Waals surface area contributed by atoms with Crippen molar-refractivity contribution < 1.29 is 9.47 Å².